The van der Waals surface area contributed by atoms with Crippen LogP contribution >= 0.6 is 0 Å². The van der Waals surface area contributed by atoms with Crippen molar-refractivity contribution < 1.29 is 9.53 Å². The lowest BCUT2D eigenvalue weighted by Crippen LogP contribution is -2.05. The van der Waals surface area contributed by atoms with Gasteiger partial charge in [-0.05, 0) is 33.6 Å². The molecule has 0 radical (unpaired) electrons. The van der Waals surface area contributed by atoms with E-state index < -0.39 is 0 Å². The third kappa shape index (κ3) is 4.05. The summed E-state index contributed by atoms with van der Waals surface area (Å²) in [6.07, 6.45) is 3.37. The van der Waals surface area contributed by atoms with Gasteiger partial charge in [-0.15, -0.1) is 0 Å². The molecular formula is C13H23N3O2. The van der Waals surface area contributed by atoms with E-state index in [0.717, 1.165) is 42.9 Å². The fourth-order valence-corrected chi connectivity index (χ4v) is 1.87. The number of nitrogen functional groups attached to an aromatic ring is 1. The summed E-state index contributed by atoms with van der Waals surface area (Å²) in [5, 5.41) is 4.37. The van der Waals surface area contributed by atoms with Crippen molar-refractivity contribution in [3.63, 3.8) is 0 Å². The third-order valence-corrected chi connectivity index (χ3v) is 2.99. The Morgan fingerprint density at radius 2 is 2.06 bits per heavy atom. The number of anilines is 1. The molecule has 0 bridgehead atoms. The Labute approximate surface area is 108 Å². The maximum Gasteiger partial charge on any atom is 0.305 e. The number of nitrogens with zero attached hydrogens (tertiary/aromatic N) is 2. The van der Waals surface area contributed by atoms with Crippen molar-refractivity contribution in [1.82, 2.24) is 9.78 Å². The summed E-state index contributed by atoms with van der Waals surface area (Å²) in [6.45, 7) is 7.04. The second-order valence-corrected chi connectivity index (χ2v) is 4.42. The number of carbonyl (C=O) groups is 1. The fourth-order valence-electron chi connectivity index (χ4n) is 1.87. The van der Waals surface area contributed by atoms with E-state index in [0.29, 0.717) is 13.0 Å². The molecule has 0 spiro atoms. The molecule has 18 heavy (non-hydrogen) atoms. The van der Waals surface area contributed by atoms with Crippen LogP contribution in [0.25, 0.3) is 0 Å². The van der Waals surface area contributed by atoms with Gasteiger partial charge in [-0.2, -0.15) is 5.10 Å². The average molecular weight is 253 g/mol. The van der Waals surface area contributed by atoms with Gasteiger partial charge in [-0.1, -0.05) is 6.42 Å². The van der Waals surface area contributed by atoms with Crippen LogP contribution < -0.4 is 5.73 Å². The Kier molecular flexibility index (Phi) is 5.68. The lowest BCUT2D eigenvalue weighted by molar-refractivity contribution is -0.143. The quantitative estimate of drug-likeness (QED) is 0.597. The van der Waals surface area contributed by atoms with Gasteiger partial charge in [0.25, 0.3) is 0 Å². The zero-order valence-electron chi connectivity index (χ0n) is 11.5. The van der Waals surface area contributed by atoms with Crippen LogP contribution in [0, 0.1) is 13.8 Å². The van der Waals surface area contributed by atoms with Crippen molar-refractivity contribution in [2.45, 2.75) is 53.0 Å². The molecule has 0 aliphatic rings. The third-order valence-electron chi connectivity index (χ3n) is 2.99. The highest BCUT2D eigenvalue weighted by Gasteiger charge is 2.07. The molecule has 2 N–H and O–H groups in total. The molecule has 0 amide bonds. The Morgan fingerprint density at radius 1 is 1.33 bits per heavy atom. The van der Waals surface area contributed by atoms with Crippen molar-refractivity contribution in [2.75, 3.05) is 12.3 Å². The van der Waals surface area contributed by atoms with Gasteiger partial charge in [0.05, 0.1) is 23.7 Å². The average Bonchev–Trinajstić information content (AvgIpc) is 2.57. The number of aryl methyl sites for hydroxylation is 2. The minimum Gasteiger partial charge on any atom is -0.466 e. The van der Waals surface area contributed by atoms with E-state index in [-0.39, 0.29) is 5.97 Å². The van der Waals surface area contributed by atoms with Crippen LogP contribution in [0.3, 0.4) is 0 Å². The summed E-state index contributed by atoms with van der Waals surface area (Å²) in [5.74, 6) is -0.104. The van der Waals surface area contributed by atoms with Crippen LogP contribution in [-0.4, -0.2) is 22.4 Å². The number of ether oxygens (including phenoxy) is 1. The molecule has 102 valence electrons. The Morgan fingerprint density at radius 3 is 2.61 bits per heavy atom. The number of aromatic nitrogens is 2. The first-order chi connectivity index (χ1) is 8.56. The van der Waals surface area contributed by atoms with Crippen LogP contribution in [0.1, 0.15) is 44.0 Å². The largest absolute Gasteiger partial charge is 0.466 e. The fraction of sp³-hybridized carbons (Fsp3) is 0.692. The van der Waals surface area contributed by atoms with Gasteiger partial charge >= 0.3 is 5.97 Å². The number of nitrogens with two attached hydrogens (primary N) is 1. The smallest absolute Gasteiger partial charge is 0.305 e. The van der Waals surface area contributed by atoms with E-state index in [1.54, 1.807) is 0 Å². The van der Waals surface area contributed by atoms with E-state index in [2.05, 4.69) is 5.10 Å². The van der Waals surface area contributed by atoms with Crippen molar-refractivity contribution in [1.29, 1.82) is 0 Å². The van der Waals surface area contributed by atoms with Crippen LogP contribution in [0.4, 0.5) is 5.69 Å². The molecule has 5 nitrogen and oxygen atoms in total. The number of rotatable bonds is 7. The van der Waals surface area contributed by atoms with E-state index in [4.69, 9.17) is 10.5 Å². The zero-order valence-corrected chi connectivity index (χ0v) is 11.5. The highest BCUT2D eigenvalue weighted by atomic mass is 16.5. The maximum absolute atomic E-state index is 11.1. The molecule has 0 saturated heterocycles. The molecule has 0 unspecified atom stereocenters. The first-order valence-electron chi connectivity index (χ1n) is 6.51. The van der Waals surface area contributed by atoms with Gasteiger partial charge in [0, 0.05) is 13.0 Å². The van der Waals surface area contributed by atoms with E-state index >= 15 is 0 Å². The second-order valence-electron chi connectivity index (χ2n) is 4.42. The van der Waals surface area contributed by atoms with Crippen LogP contribution in [0.15, 0.2) is 0 Å². The predicted molar refractivity (Wildman–Crippen MR) is 71.2 cm³/mol. The van der Waals surface area contributed by atoms with Gasteiger partial charge in [0.15, 0.2) is 0 Å². The summed E-state index contributed by atoms with van der Waals surface area (Å²) >= 11 is 0. The van der Waals surface area contributed by atoms with Crippen molar-refractivity contribution in [3.05, 3.63) is 11.4 Å². The molecule has 5 heteroatoms. The Balaban J connectivity index is 2.22. The maximum atomic E-state index is 11.1. The summed E-state index contributed by atoms with van der Waals surface area (Å²) in [4.78, 5) is 11.1. The van der Waals surface area contributed by atoms with Crippen molar-refractivity contribution >= 4 is 11.7 Å². The summed E-state index contributed by atoms with van der Waals surface area (Å²) < 4.78 is 6.81. The molecule has 0 atom stereocenters. The lowest BCUT2D eigenvalue weighted by Gasteiger charge is -2.04. The zero-order chi connectivity index (χ0) is 13.5. The molecular weight excluding hydrogens is 230 g/mol. The summed E-state index contributed by atoms with van der Waals surface area (Å²) in [7, 11) is 0. The van der Waals surface area contributed by atoms with Gasteiger partial charge < -0.3 is 10.5 Å². The standard InChI is InChI=1S/C13H23N3O2/c1-4-18-12(17)8-6-5-7-9-16-11(3)13(14)10(2)15-16/h4-9,14H2,1-3H3. The van der Waals surface area contributed by atoms with Gasteiger partial charge in [-0.25, -0.2) is 0 Å². The molecule has 0 aliphatic heterocycles. The van der Waals surface area contributed by atoms with Gasteiger partial charge in [0.1, 0.15) is 0 Å². The number of hydrogen-bond donors (Lipinski definition) is 1. The van der Waals surface area contributed by atoms with Crippen molar-refractivity contribution in [2.24, 2.45) is 0 Å². The molecule has 0 aliphatic carbocycles. The number of carbonyl (C=O) groups excluding carboxylic acids is 1. The minimum atomic E-state index is -0.104. The molecule has 1 aromatic rings. The minimum absolute atomic E-state index is 0.104. The topological polar surface area (TPSA) is 70.1 Å². The number of unbranched alkanes of at least 4 members (excludes halogenated alkanes) is 2. The molecule has 0 aromatic carbocycles. The Bertz CT molecular complexity index is 399. The second kappa shape index (κ2) is 7.03. The monoisotopic (exact) mass is 253 g/mol. The van der Waals surface area contributed by atoms with Gasteiger partial charge in [0.2, 0.25) is 0 Å². The van der Waals surface area contributed by atoms with Crippen LogP contribution in [0.2, 0.25) is 0 Å². The molecule has 0 saturated carbocycles. The number of hydrogen-bond acceptors (Lipinski definition) is 4. The first-order valence-corrected chi connectivity index (χ1v) is 6.51. The van der Waals surface area contributed by atoms with Crippen LogP contribution in [-0.2, 0) is 16.1 Å². The molecule has 0 fully saturated rings. The lowest BCUT2D eigenvalue weighted by atomic mass is 10.2. The van der Waals surface area contributed by atoms with Crippen molar-refractivity contribution in [3.8, 4) is 0 Å². The number of esters is 1. The van der Waals surface area contributed by atoms with E-state index in [9.17, 15) is 4.79 Å². The summed E-state index contributed by atoms with van der Waals surface area (Å²) in [6, 6.07) is 0. The predicted octanol–water partition coefficient (Wildman–Crippen LogP) is 2.21. The first kappa shape index (κ1) is 14.5. The highest BCUT2D eigenvalue weighted by molar-refractivity contribution is 5.69. The highest BCUT2D eigenvalue weighted by Crippen LogP contribution is 2.15. The van der Waals surface area contributed by atoms with E-state index in [1.165, 1.54) is 0 Å². The van der Waals surface area contributed by atoms with Gasteiger partial charge in [-0.3, -0.25) is 9.48 Å². The Hall–Kier alpha value is -1.52. The summed E-state index contributed by atoms with van der Waals surface area (Å²) in [5.41, 5.74) is 8.55. The molecule has 1 aromatic heterocycles. The van der Waals surface area contributed by atoms with Crippen LogP contribution in [0.5, 0.6) is 0 Å². The molecule has 1 heterocycles. The SMILES string of the molecule is CCOC(=O)CCCCCn1nc(C)c(N)c1C. The van der Waals surface area contributed by atoms with E-state index in [1.807, 2.05) is 25.5 Å². The normalized spacial score (nSPS) is 10.6. The molecule has 1 rings (SSSR count).